The maximum atomic E-state index is 11.3. The predicted molar refractivity (Wildman–Crippen MR) is 63.2 cm³/mol. The number of nitrogens with zero attached hydrogens (tertiary/aromatic N) is 1. The first-order valence-corrected chi connectivity index (χ1v) is 5.61. The number of benzene rings is 1. The number of carbonyl (C=O) groups excluding carboxylic acids is 1. The molecule has 2 rings (SSSR count). The van der Waals surface area contributed by atoms with Gasteiger partial charge in [-0.2, -0.15) is 0 Å². The van der Waals surface area contributed by atoms with Crippen molar-refractivity contribution in [3.63, 3.8) is 0 Å². The Bertz CT molecular complexity index is 415. The van der Waals surface area contributed by atoms with Crippen LogP contribution in [0.25, 0.3) is 0 Å². The molecule has 0 saturated heterocycles. The van der Waals surface area contributed by atoms with Crippen molar-refractivity contribution in [1.82, 2.24) is 5.32 Å². The maximum absolute atomic E-state index is 11.3. The van der Waals surface area contributed by atoms with E-state index in [1.807, 2.05) is 24.3 Å². The number of nitrogens with one attached hydrogen (secondary N) is 1. The molecule has 4 heteroatoms. The van der Waals surface area contributed by atoms with Gasteiger partial charge >= 0.3 is 0 Å². The Balaban J connectivity index is 2.29. The molecule has 0 aliphatic carbocycles. The van der Waals surface area contributed by atoms with Gasteiger partial charge in [0.25, 0.3) is 0 Å². The number of aliphatic imine (C=N–C) groups is 1. The summed E-state index contributed by atoms with van der Waals surface area (Å²) in [6.45, 7) is 1.30. The van der Waals surface area contributed by atoms with Gasteiger partial charge in [0, 0.05) is 11.0 Å². The number of carbonyl (C=O) groups is 1. The summed E-state index contributed by atoms with van der Waals surface area (Å²) < 4.78 is 1.01. The van der Waals surface area contributed by atoms with Gasteiger partial charge in [0.15, 0.2) is 0 Å². The first-order valence-electron chi connectivity index (χ1n) is 4.81. The molecule has 78 valence electrons. The van der Waals surface area contributed by atoms with Gasteiger partial charge in [0.2, 0.25) is 5.91 Å². The standard InChI is InChI=1S/C11H11BrN2O/c12-9-3-1-2-8(6-9)10-7-11(15)14-5-4-13-10/h1-3,6H,4-5,7H2,(H,14,15). The summed E-state index contributed by atoms with van der Waals surface area (Å²) in [7, 11) is 0. The SMILES string of the molecule is O=C1CC(c2cccc(Br)c2)=NCCN1. The molecule has 1 N–H and O–H groups in total. The first-order chi connectivity index (χ1) is 7.25. The molecule has 0 aromatic heterocycles. The predicted octanol–water partition coefficient (Wildman–Crippen LogP) is 1.76. The molecule has 1 aromatic carbocycles. The van der Waals surface area contributed by atoms with Crippen LogP contribution in [0.2, 0.25) is 0 Å². The van der Waals surface area contributed by atoms with E-state index in [1.165, 1.54) is 0 Å². The zero-order valence-electron chi connectivity index (χ0n) is 8.16. The summed E-state index contributed by atoms with van der Waals surface area (Å²) in [6, 6.07) is 7.87. The van der Waals surface area contributed by atoms with Crippen LogP contribution in [-0.2, 0) is 4.79 Å². The quantitative estimate of drug-likeness (QED) is 0.827. The fourth-order valence-electron chi connectivity index (χ4n) is 1.52. The summed E-state index contributed by atoms with van der Waals surface area (Å²) in [5, 5.41) is 2.79. The summed E-state index contributed by atoms with van der Waals surface area (Å²) in [4.78, 5) is 15.7. The largest absolute Gasteiger partial charge is 0.354 e. The minimum Gasteiger partial charge on any atom is -0.354 e. The Morgan fingerprint density at radius 2 is 2.27 bits per heavy atom. The van der Waals surface area contributed by atoms with Crippen LogP contribution in [0.5, 0.6) is 0 Å². The van der Waals surface area contributed by atoms with E-state index in [4.69, 9.17) is 0 Å². The second-order valence-electron chi connectivity index (χ2n) is 3.37. The van der Waals surface area contributed by atoms with Crippen LogP contribution < -0.4 is 5.32 Å². The van der Waals surface area contributed by atoms with E-state index >= 15 is 0 Å². The molecule has 15 heavy (non-hydrogen) atoms. The highest BCUT2D eigenvalue weighted by Crippen LogP contribution is 2.14. The molecule has 1 aliphatic heterocycles. The lowest BCUT2D eigenvalue weighted by Crippen LogP contribution is -2.24. The second-order valence-corrected chi connectivity index (χ2v) is 4.28. The first kappa shape index (κ1) is 10.4. The molecule has 0 unspecified atom stereocenters. The number of amides is 1. The lowest BCUT2D eigenvalue weighted by molar-refractivity contribution is -0.119. The molecular weight excluding hydrogens is 256 g/mol. The van der Waals surface area contributed by atoms with Crippen molar-refractivity contribution in [2.45, 2.75) is 6.42 Å². The van der Waals surface area contributed by atoms with E-state index in [2.05, 4.69) is 26.2 Å². The summed E-state index contributed by atoms with van der Waals surface area (Å²) in [5.74, 6) is 0.0474. The normalized spacial score (nSPS) is 16.6. The molecule has 0 saturated carbocycles. The average molecular weight is 267 g/mol. The van der Waals surface area contributed by atoms with E-state index < -0.39 is 0 Å². The Labute approximate surface area is 96.7 Å². The van der Waals surface area contributed by atoms with Crippen molar-refractivity contribution in [1.29, 1.82) is 0 Å². The van der Waals surface area contributed by atoms with Crippen LogP contribution in [0.15, 0.2) is 33.7 Å². The number of halogens is 1. The van der Waals surface area contributed by atoms with E-state index in [0.717, 1.165) is 15.7 Å². The third-order valence-corrected chi connectivity index (χ3v) is 2.72. The van der Waals surface area contributed by atoms with E-state index in [0.29, 0.717) is 19.5 Å². The van der Waals surface area contributed by atoms with Crippen molar-refractivity contribution < 1.29 is 4.79 Å². The van der Waals surface area contributed by atoms with E-state index in [1.54, 1.807) is 0 Å². The number of hydrogen-bond donors (Lipinski definition) is 1. The number of rotatable bonds is 1. The molecule has 0 atom stereocenters. The third-order valence-electron chi connectivity index (χ3n) is 2.22. The Morgan fingerprint density at radius 1 is 1.40 bits per heavy atom. The highest BCUT2D eigenvalue weighted by atomic mass is 79.9. The van der Waals surface area contributed by atoms with Gasteiger partial charge < -0.3 is 5.32 Å². The molecule has 1 amide bonds. The van der Waals surface area contributed by atoms with Crippen LogP contribution in [0.4, 0.5) is 0 Å². The van der Waals surface area contributed by atoms with Crippen molar-refractivity contribution >= 4 is 27.5 Å². The van der Waals surface area contributed by atoms with Crippen molar-refractivity contribution in [2.24, 2.45) is 4.99 Å². The van der Waals surface area contributed by atoms with Crippen LogP contribution in [0, 0.1) is 0 Å². The summed E-state index contributed by atoms with van der Waals surface area (Å²) in [5.41, 5.74) is 1.88. The van der Waals surface area contributed by atoms with E-state index in [-0.39, 0.29) is 5.91 Å². The van der Waals surface area contributed by atoms with Gasteiger partial charge in [-0.05, 0) is 17.7 Å². The van der Waals surface area contributed by atoms with Gasteiger partial charge in [-0.25, -0.2) is 0 Å². The molecule has 0 radical (unpaired) electrons. The molecule has 1 heterocycles. The Kier molecular flexibility index (Phi) is 3.16. The molecule has 0 bridgehead atoms. The minimum atomic E-state index is 0.0474. The van der Waals surface area contributed by atoms with Gasteiger partial charge in [-0.1, -0.05) is 28.1 Å². The van der Waals surface area contributed by atoms with Gasteiger partial charge in [-0.3, -0.25) is 9.79 Å². The van der Waals surface area contributed by atoms with Crippen molar-refractivity contribution in [3.8, 4) is 0 Å². The molecular formula is C11H11BrN2O. The molecule has 1 aliphatic rings. The van der Waals surface area contributed by atoms with Gasteiger partial charge in [0.05, 0.1) is 18.7 Å². The lowest BCUT2D eigenvalue weighted by Gasteiger charge is -2.03. The van der Waals surface area contributed by atoms with Crippen molar-refractivity contribution in [2.75, 3.05) is 13.1 Å². The van der Waals surface area contributed by atoms with Crippen LogP contribution >= 0.6 is 15.9 Å². The molecule has 3 nitrogen and oxygen atoms in total. The zero-order valence-corrected chi connectivity index (χ0v) is 9.75. The van der Waals surface area contributed by atoms with E-state index in [9.17, 15) is 4.79 Å². The second kappa shape index (κ2) is 4.57. The lowest BCUT2D eigenvalue weighted by atomic mass is 10.1. The monoisotopic (exact) mass is 266 g/mol. The smallest absolute Gasteiger partial charge is 0.226 e. The fourth-order valence-corrected chi connectivity index (χ4v) is 1.92. The summed E-state index contributed by atoms with van der Waals surface area (Å²) >= 11 is 3.41. The van der Waals surface area contributed by atoms with Crippen molar-refractivity contribution in [3.05, 3.63) is 34.3 Å². The van der Waals surface area contributed by atoms with Crippen LogP contribution in [0.3, 0.4) is 0 Å². The van der Waals surface area contributed by atoms with Gasteiger partial charge in [-0.15, -0.1) is 0 Å². The number of hydrogen-bond acceptors (Lipinski definition) is 2. The zero-order chi connectivity index (χ0) is 10.7. The van der Waals surface area contributed by atoms with Crippen LogP contribution in [-0.4, -0.2) is 24.7 Å². The highest BCUT2D eigenvalue weighted by Gasteiger charge is 2.12. The Morgan fingerprint density at radius 3 is 3.07 bits per heavy atom. The minimum absolute atomic E-state index is 0.0474. The highest BCUT2D eigenvalue weighted by molar-refractivity contribution is 9.10. The summed E-state index contributed by atoms with van der Waals surface area (Å²) in [6.07, 6.45) is 0.371. The molecule has 0 fully saturated rings. The fraction of sp³-hybridized carbons (Fsp3) is 0.273. The average Bonchev–Trinajstić information content (AvgIpc) is 2.43. The molecule has 1 aromatic rings. The molecule has 0 spiro atoms. The topological polar surface area (TPSA) is 41.5 Å². The van der Waals surface area contributed by atoms with Crippen LogP contribution in [0.1, 0.15) is 12.0 Å². The third kappa shape index (κ3) is 2.65. The van der Waals surface area contributed by atoms with Gasteiger partial charge in [0.1, 0.15) is 0 Å². The Hall–Kier alpha value is -1.16. The maximum Gasteiger partial charge on any atom is 0.226 e.